The van der Waals surface area contributed by atoms with Crippen LogP contribution >= 0.6 is 0 Å². The Labute approximate surface area is 207 Å². The molecule has 10 heteroatoms. The molecule has 0 unspecified atom stereocenters. The van der Waals surface area contributed by atoms with Crippen LogP contribution in [0, 0.1) is 0 Å². The lowest BCUT2D eigenvalue weighted by atomic mass is 9.88. The second kappa shape index (κ2) is 8.79. The standard InChI is InChI=1S/C27H18F6N2O2/c1-35(25(36)21-14-17(26(28,29)30)9-13-22(21)27(31,32)33)18-10-6-16(7-11-18)24-20-12-8-15-4-2-3-5-19(15)23(20)34-37-24/h2-7,9-11,13-14H,8,12H2,1H3. The van der Waals surface area contributed by atoms with Crippen LogP contribution in [0.1, 0.15) is 32.6 Å². The van der Waals surface area contributed by atoms with Gasteiger partial charge in [0.1, 0.15) is 5.69 Å². The minimum Gasteiger partial charge on any atom is -0.355 e. The minimum atomic E-state index is -5.01. The van der Waals surface area contributed by atoms with Gasteiger partial charge in [-0.1, -0.05) is 29.4 Å². The molecule has 190 valence electrons. The highest BCUT2D eigenvalue weighted by Crippen LogP contribution is 2.40. The maximum atomic E-state index is 13.5. The number of anilines is 1. The summed E-state index contributed by atoms with van der Waals surface area (Å²) in [6.45, 7) is 0. The van der Waals surface area contributed by atoms with Gasteiger partial charge in [0.25, 0.3) is 5.91 Å². The van der Waals surface area contributed by atoms with E-state index in [1.54, 1.807) is 12.1 Å². The monoisotopic (exact) mass is 516 g/mol. The number of fused-ring (bicyclic) bond motifs is 3. The predicted molar refractivity (Wildman–Crippen MR) is 124 cm³/mol. The van der Waals surface area contributed by atoms with Gasteiger partial charge < -0.3 is 9.42 Å². The lowest BCUT2D eigenvalue weighted by molar-refractivity contribution is -0.141. The highest BCUT2D eigenvalue weighted by Gasteiger charge is 2.39. The van der Waals surface area contributed by atoms with Crippen LogP contribution in [0.2, 0.25) is 0 Å². The van der Waals surface area contributed by atoms with Gasteiger partial charge in [0.05, 0.1) is 16.7 Å². The van der Waals surface area contributed by atoms with E-state index in [0.29, 0.717) is 23.8 Å². The van der Waals surface area contributed by atoms with Crippen LogP contribution < -0.4 is 4.90 Å². The van der Waals surface area contributed by atoms with E-state index in [9.17, 15) is 31.1 Å². The van der Waals surface area contributed by atoms with Gasteiger partial charge in [0.15, 0.2) is 5.76 Å². The molecule has 0 N–H and O–H groups in total. The molecule has 0 atom stereocenters. The van der Waals surface area contributed by atoms with Gasteiger partial charge in [0, 0.05) is 29.4 Å². The van der Waals surface area contributed by atoms with Crippen LogP contribution in [-0.4, -0.2) is 18.1 Å². The van der Waals surface area contributed by atoms with Crippen LogP contribution in [0.15, 0.2) is 71.3 Å². The molecule has 1 aromatic heterocycles. The Bertz CT molecular complexity index is 1490. The largest absolute Gasteiger partial charge is 0.417 e. The van der Waals surface area contributed by atoms with Crippen molar-refractivity contribution in [3.63, 3.8) is 0 Å². The van der Waals surface area contributed by atoms with E-state index in [1.165, 1.54) is 19.2 Å². The third kappa shape index (κ3) is 4.47. The number of halogens is 6. The fourth-order valence-corrected chi connectivity index (χ4v) is 4.49. The summed E-state index contributed by atoms with van der Waals surface area (Å²) in [7, 11) is 1.20. The topological polar surface area (TPSA) is 46.3 Å². The van der Waals surface area contributed by atoms with E-state index < -0.39 is 35.0 Å². The molecule has 1 aliphatic carbocycles. The first kappa shape index (κ1) is 24.6. The Morgan fingerprint density at radius 3 is 2.27 bits per heavy atom. The van der Waals surface area contributed by atoms with Crippen molar-refractivity contribution in [2.75, 3.05) is 11.9 Å². The Hall–Kier alpha value is -4.08. The van der Waals surface area contributed by atoms with Gasteiger partial charge in [-0.2, -0.15) is 26.3 Å². The van der Waals surface area contributed by atoms with Gasteiger partial charge in [-0.05, 0) is 60.9 Å². The highest BCUT2D eigenvalue weighted by molar-refractivity contribution is 6.07. The Morgan fingerprint density at radius 2 is 1.59 bits per heavy atom. The second-order valence-electron chi connectivity index (χ2n) is 8.66. The second-order valence-corrected chi connectivity index (χ2v) is 8.66. The molecule has 0 bridgehead atoms. The van der Waals surface area contributed by atoms with Gasteiger partial charge in [-0.15, -0.1) is 0 Å². The number of carbonyl (C=O) groups excluding carboxylic acids is 1. The predicted octanol–water partition coefficient (Wildman–Crippen LogP) is 7.42. The van der Waals surface area contributed by atoms with Crippen LogP contribution in [0.3, 0.4) is 0 Å². The number of hydrogen-bond acceptors (Lipinski definition) is 3. The summed E-state index contributed by atoms with van der Waals surface area (Å²) in [4.78, 5) is 13.8. The SMILES string of the molecule is CN(C(=O)c1cc(C(F)(F)F)ccc1C(F)(F)F)c1ccc(-c2onc3c2CCc2ccccc2-3)cc1. The third-order valence-corrected chi connectivity index (χ3v) is 6.41. The molecule has 0 radical (unpaired) electrons. The van der Waals surface area contributed by atoms with E-state index in [0.717, 1.165) is 33.7 Å². The van der Waals surface area contributed by atoms with Crippen molar-refractivity contribution in [3.8, 4) is 22.6 Å². The lowest BCUT2D eigenvalue weighted by Crippen LogP contribution is -2.29. The van der Waals surface area contributed by atoms with Crippen LogP contribution in [-0.2, 0) is 25.2 Å². The summed E-state index contributed by atoms with van der Waals surface area (Å²) in [5.74, 6) is -0.679. The average Bonchev–Trinajstić information content (AvgIpc) is 3.31. The molecule has 0 saturated heterocycles. The number of aromatic nitrogens is 1. The fraction of sp³-hybridized carbons (Fsp3) is 0.185. The molecule has 5 rings (SSSR count). The molecule has 0 aliphatic heterocycles. The minimum absolute atomic E-state index is 0.193. The zero-order chi connectivity index (χ0) is 26.5. The smallest absolute Gasteiger partial charge is 0.355 e. The quantitative estimate of drug-likeness (QED) is 0.266. The fourth-order valence-electron chi connectivity index (χ4n) is 4.49. The summed E-state index contributed by atoms with van der Waals surface area (Å²) >= 11 is 0. The molecule has 4 nitrogen and oxygen atoms in total. The zero-order valence-corrected chi connectivity index (χ0v) is 19.2. The first-order valence-electron chi connectivity index (χ1n) is 11.2. The van der Waals surface area contributed by atoms with Gasteiger partial charge in [0.2, 0.25) is 0 Å². The number of aryl methyl sites for hydroxylation is 1. The van der Waals surface area contributed by atoms with E-state index >= 15 is 0 Å². The van der Waals surface area contributed by atoms with Crippen LogP contribution in [0.4, 0.5) is 32.0 Å². The molecule has 3 aromatic carbocycles. The normalized spacial score (nSPS) is 13.2. The molecular formula is C27H18F6N2O2. The van der Waals surface area contributed by atoms with Crippen molar-refractivity contribution in [1.29, 1.82) is 0 Å². The summed E-state index contributed by atoms with van der Waals surface area (Å²) in [5, 5.41) is 4.22. The molecule has 4 aromatic rings. The molecule has 1 heterocycles. The summed E-state index contributed by atoms with van der Waals surface area (Å²) in [5.41, 5.74) is 0.794. The Balaban J connectivity index is 1.45. The summed E-state index contributed by atoms with van der Waals surface area (Å²) in [6.07, 6.45) is -8.40. The first-order chi connectivity index (χ1) is 17.4. The molecule has 0 saturated carbocycles. The van der Waals surface area contributed by atoms with Crippen molar-refractivity contribution < 1.29 is 35.7 Å². The van der Waals surface area contributed by atoms with Crippen molar-refractivity contribution in [1.82, 2.24) is 5.16 Å². The molecule has 0 spiro atoms. The van der Waals surface area contributed by atoms with Crippen molar-refractivity contribution >= 4 is 11.6 Å². The molecular weight excluding hydrogens is 498 g/mol. The number of hydrogen-bond donors (Lipinski definition) is 0. The number of amides is 1. The van der Waals surface area contributed by atoms with Crippen molar-refractivity contribution in [2.24, 2.45) is 0 Å². The van der Waals surface area contributed by atoms with E-state index in [2.05, 4.69) is 5.16 Å². The molecule has 1 aliphatic rings. The summed E-state index contributed by atoms with van der Waals surface area (Å²) < 4.78 is 85.5. The van der Waals surface area contributed by atoms with Gasteiger partial charge >= 0.3 is 12.4 Å². The first-order valence-corrected chi connectivity index (χ1v) is 11.2. The Morgan fingerprint density at radius 1 is 0.892 bits per heavy atom. The number of alkyl halides is 6. The average molecular weight is 516 g/mol. The maximum absolute atomic E-state index is 13.5. The molecule has 1 amide bonds. The van der Waals surface area contributed by atoms with Gasteiger partial charge in [-0.3, -0.25) is 4.79 Å². The van der Waals surface area contributed by atoms with Gasteiger partial charge in [-0.25, -0.2) is 0 Å². The number of benzene rings is 3. The van der Waals surface area contributed by atoms with Crippen molar-refractivity contribution in [2.45, 2.75) is 25.2 Å². The van der Waals surface area contributed by atoms with E-state index in [1.807, 2.05) is 24.3 Å². The maximum Gasteiger partial charge on any atom is 0.417 e. The Kier molecular flexibility index (Phi) is 5.85. The number of rotatable bonds is 3. The lowest BCUT2D eigenvalue weighted by Gasteiger charge is -2.21. The molecule has 37 heavy (non-hydrogen) atoms. The summed E-state index contributed by atoms with van der Waals surface area (Å²) in [6, 6.07) is 14.9. The number of nitrogens with zero attached hydrogens (tertiary/aromatic N) is 2. The van der Waals surface area contributed by atoms with Crippen LogP contribution in [0.25, 0.3) is 22.6 Å². The van der Waals surface area contributed by atoms with E-state index in [4.69, 9.17) is 4.52 Å². The van der Waals surface area contributed by atoms with Crippen molar-refractivity contribution in [3.05, 3.63) is 94.5 Å². The highest BCUT2D eigenvalue weighted by atomic mass is 19.4. The van der Waals surface area contributed by atoms with E-state index in [-0.39, 0.29) is 17.8 Å². The van der Waals surface area contributed by atoms with Crippen LogP contribution in [0.5, 0.6) is 0 Å². The number of carbonyl (C=O) groups is 1. The zero-order valence-electron chi connectivity index (χ0n) is 19.2. The third-order valence-electron chi connectivity index (χ3n) is 6.41. The molecule has 0 fully saturated rings.